The molecule has 0 saturated carbocycles. The van der Waals surface area contributed by atoms with E-state index in [9.17, 15) is 9.59 Å². The van der Waals surface area contributed by atoms with E-state index in [2.05, 4.69) is 10.6 Å². The Morgan fingerprint density at radius 2 is 1.80 bits per heavy atom. The van der Waals surface area contributed by atoms with Crippen molar-refractivity contribution < 1.29 is 14.3 Å². The van der Waals surface area contributed by atoms with Gasteiger partial charge in [0.25, 0.3) is 5.91 Å². The Kier molecular flexibility index (Phi) is 7.44. The number of amides is 2. The molecule has 2 aromatic rings. The summed E-state index contributed by atoms with van der Waals surface area (Å²) in [6.45, 7) is 0.807. The minimum absolute atomic E-state index is 0.101. The second kappa shape index (κ2) is 9.81. The molecule has 0 aromatic heterocycles. The summed E-state index contributed by atoms with van der Waals surface area (Å²) in [5, 5.41) is 6.24. The lowest BCUT2D eigenvalue weighted by Crippen LogP contribution is -2.26. The highest BCUT2D eigenvalue weighted by Gasteiger charge is 2.10. The molecular formula is C19H21ClN2O3. The third-order valence-corrected chi connectivity index (χ3v) is 3.81. The predicted molar refractivity (Wildman–Crippen MR) is 98.8 cm³/mol. The summed E-state index contributed by atoms with van der Waals surface area (Å²) < 4.78 is 5.10. The second-order valence-electron chi connectivity index (χ2n) is 5.50. The molecule has 132 valence electrons. The van der Waals surface area contributed by atoms with Crippen LogP contribution in [0.1, 0.15) is 28.8 Å². The van der Waals surface area contributed by atoms with Gasteiger partial charge in [0.15, 0.2) is 0 Å². The molecule has 0 heterocycles. The van der Waals surface area contributed by atoms with Crippen molar-refractivity contribution in [3.8, 4) is 0 Å². The highest BCUT2D eigenvalue weighted by Crippen LogP contribution is 2.14. The summed E-state index contributed by atoms with van der Waals surface area (Å²) in [4.78, 5) is 24.1. The Hall–Kier alpha value is -2.37. The molecule has 0 fully saturated rings. The molecule has 0 spiro atoms. The Labute approximate surface area is 152 Å². The van der Waals surface area contributed by atoms with Gasteiger partial charge in [-0.25, -0.2) is 0 Å². The zero-order valence-corrected chi connectivity index (χ0v) is 14.8. The number of carbonyl (C=O) groups excluding carboxylic acids is 2. The smallest absolute Gasteiger partial charge is 0.251 e. The number of halogens is 1. The molecule has 0 unspecified atom stereocenters. The van der Waals surface area contributed by atoms with Crippen LogP contribution in [0.4, 0.5) is 5.69 Å². The molecule has 2 rings (SSSR count). The van der Waals surface area contributed by atoms with Crippen LogP contribution in [0.15, 0.2) is 48.5 Å². The second-order valence-corrected chi connectivity index (χ2v) is 5.94. The van der Waals surface area contributed by atoms with Crippen molar-refractivity contribution in [2.75, 3.05) is 19.0 Å². The van der Waals surface area contributed by atoms with Crippen LogP contribution in [-0.2, 0) is 16.1 Å². The van der Waals surface area contributed by atoms with E-state index in [1.54, 1.807) is 37.4 Å². The van der Waals surface area contributed by atoms with Crippen LogP contribution in [0.5, 0.6) is 0 Å². The minimum Gasteiger partial charge on any atom is -0.380 e. The maximum Gasteiger partial charge on any atom is 0.251 e. The summed E-state index contributed by atoms with van der Waals surface area (Å²) in [6.07, 6.45) is 0.875. The van der Waals surface area contributed by atoms with Crippen molar-refractivity contribution in [2.24, 2.45) is 0 Å². The molecular weight excluding hydrogens is 340 g/mol. The molecule has 0 atom stereocenters. The number of hydrogen-bond donors (Lipinski definition) is 2. The molecule has 0 aliphatic carbocycles. The molecule has 2 N–H and O–H groups in total. The van der Waals surface area contributed by atoms with Gasteiger partial charge in [0.2, 0.25) is 5.91 Å². The highest BCUT2D eigenvalue weighted by molar-refractivity contribution is 6.30. The zero-order chi connectivity index (χ0) is 18.1. The molecule has 2 aromatic carbocycles. The van der Waals surface area contributed by atoms with Gasteiger partial charge in [0.1, 0.15) is 0 Å². The van der Waals surface area contributed by atoms with Gasteiger partial charge >= 0.3 is 0 Å². The fourth-order valence-electron chi connectivity index (χ4n) is 2.33. The Balaban J connectivity index is 1.74. The topological polar surface area (TPSA) is 67.4 Å². The maximum atomic E-state index is 12.2. The number of nitrogens with one attached hydrogen (secondary N) is 2. The maximum absolute atomic E-state index is 12.2. The van der Waals surface area contributed by atoms with Crippen molar-refractivity contribution in [1.29, 1.82) is 0 Å². The minimum atomic E-state index is -0.161. The Bertz CT molecular complexity index is 717. The summed E-state index contributed by atoms with van der Waals surface area (Å²) in [5.74, 6) is -0.262. The van der Waals surface area contributed by atoms with Crippen molar-refractivity contribution in [3.05, 3.63) is 64.7 Å². The quantitative estimate of drug-likeness (QED) is 0.706. The summed E-state index contributed by atoms with van der Waals surface area (Å²) in [7, 11) is 1.59. The van der Waals surface area contributed by atoms with Gasteiger partial charge in [-0.15, -0.1) is 0 Å². The van der Waals surface area contributed by atoms with Crippen LogP contribution in [0.3, 0.4) is 0 Å². The normalized spacial score (nSPS) is 10.3. The first kappa shape index (κ1) is 19.0. The van der Waals surface area contributed by atoms with Crippen molar-refractivity contribution in [2.45, 2.75) is 19.4 Å². The number of rotatable bonds is 8. The standard InChI is InChI=1S/C19H21ClN2O3/c1-25-13-14-5-2-3-6-17(14)19(24)21-12-4-7-18(23)22-16-10-8-15(20)9-11-16/h2-3,5-6,8-11H,4,7,12-13H2,1H3,(H,21,24)(H,22,23). The third kappa shape index (κ3) is 6.21. The lowest BCUT2D eigenvalue weighted by molar-refractivity contribution is -0.116. The third-order valence-electron chi connectivity index (χ3n) is 3.56. The number of benzene rings is 2. The molecule has 0 saturated heterocycles. The van der Waals surface area contributed by atoms with E-state index < -0.39 is 0 Å². The van der Waals surface area contributed by atoms with E-state index in [0.717, 1.165) is 5.56 Å². The Morgan fingerprint density at radius 3 is 2.52 bits per heavy atom. The van der Waals surface area contributed by atoms with Crippen LogP contribution in [0.2, 0.25) is 5.02 Å². The van der Waals surface area contributed by atoms with Crippen LogP contribution in [0.25, 0.3) is 0 Å². The summed E-state index contributed by atoms with van der Waals surface area (Å²) in [5.41, 5.74) is 2.13. The SMILES string of the molecule is COCc1ccccc1C(=O)NCCCC(=O)Nc1ccc(Cl)cc1. The lowest BCUT2D eigenvalue weighted by atomic mass is 10.1. The first-order valence-corrected chi connectivity index (χ1v) is 8.38. The molecule has 6 heteroatoms. The average molecular weight is 361 g/mol. The molecule has 5 nitrogen and oxygen atoms in total. The lowest BCUT2D eigenvalue weighted by Gasteiger charge is -2.10. The zero-order valence-electron chi connectivity index (χ0n) is 14.0. The molecule has 0 radical (unpaired) electrons. The van der Waals surface area contributed by atoms with Gasteiger partial charge in [-0.3, -0.25) is 9.59 Å². The summed E-state index contributed by atoms with van der Waals surface area (Å²) in [6, 6.07) is 14.2. The van der Waals surface area contributed by atoms with E-state index in [1.807, 2.05) is 18.2 Å². The van der Waals surface area contributed by atoms with E-state index in [0.29, 0.717) is 42.3 Å². The monoisotopic (exact) mass is 360 g/mol. The van der Waals surface area contributed by atoms with Gasteiger partial charge in [0.05, 0.1) is 6.61 Å². The molecule has 0 aliphatic rings. The van der Waals surface area contributed by atoms with Gasteiger partial charge in [0, 0.05) is 36.3 Å². The van der Waals surface area contributed by atoms with Crippen LogP contribution in [-0.4, -0.2) is 25.5 Å². The van der Waals surface area contributed by atoms with Crippen LogP contribution < -0.4 is 10.6 Å². The van der Waals surface area contributed by atoms with Gasteiger partial charge in [-0.05, 0) is 42.3 Å². The summed E-state index contributed by atoms with van der Waals surface area (Å²) >= 11 is 5.80. The van der Waals surface area contributed by atoms with Crippen molar-refractivity contribution in [3.63, 3.8) is 0 Å². The average Bonchev–Trinajstić information content (AvgIpc) is 2.61. The van der Waals surface area contributed by atoms with Crippen LogP contribution in [0, 0.1) is 0 Å². The van der Waals surface area contributed by atoms with Gasteiger partial charge in [-0.1, -0.05) is 29.8 Å². The number of carbonyl (C=O) groups is 2. The molecule has 0 aliphatic heterocycles. The van der Waals surface area contributed by atoms with E-state index in [1.165, 1.54) is 0 Å². The van der Waals surface area contributed by atoms with E-state index in [-0.39, 0.29) is 11.8 Å². The van der Waals surface area contributed by atoms with Crippen LogP contribution >= 0.6 is 11.6 Å². The first-order valence-electron chi connectivity index (χ1n) is 8.00. The number of methoxy groups -OCH3 is 1. The fourth-order valence-corrected chi connectivity index (χ4v) is 2.45. The number of anilines is 1. The first-order chi connectivity index (χ1) is 12.1. The largest absolute Gasteiger partial charge is 0.380 e. The van der Waals surface area contributed by atoms with Crippen molar-refractivity contribution in [1.82, 2.24) is 5.32 Å². The Morgan fingerprint density at radius 1 is 1.08 bits per heavy atom. The number of hydrogen-bond acceptors (Lipinski definition) is 3. The van der Waals surface area contributed by atoms with Gasteiger partial charge in [-0.2, -0.15) is 0 Å². The number of ether oxygens (including phenoxy) is 1. The molecule has 25 heavy (non-hydrogen) atoms. The highest BCUT2D eigenvalue weighted by atomic mass is 35.5. The van der Waals surface area contributed by atoms with E-state index in [4.69, 9.17) is 16.3 Å². The molecule has 0 bridgehead atoms. The fraction of sp³-hybridized carbons (Fsp3) is 0.263. The predicted octanol–water partition coefficient (Wildman–Crippen LogP) is 3.64. The van der Waals surface area contributed by atoms with E-state index >= 15 is 0 Å². The molecule has 2 amide bonds. The van der Waals surface area contributed by atoms with Crippen molar-refractivity contribution >= 4 is 29.1 Å². The van der Waals surface area contributed by atoms with Gasteiger partial charge < -0.3 is 15.4 Å².